The largest absolute Gasteiger partial charge is 0.504 e. The molecular weight excluding hydrogens is 302 g/mol. The summed E-state index contributed by atoms with van der Waals surface area (Å²) in [7, 11) is -3.85. The molecule has 0 bridgehead atoms. The van der Waals surface area contributed by atoms with E-state index >= 15 is 0 Å². The van der Waals surface area contributed by atoms with Crippen molar-refractivity contribution in [2.24, 2.45) is 5.92 Å². The Labute approximate surface area is 123 Å². The van der Waals surface area contributed by atoms with Crippen LogP contribution in [0.3, 0.4) is 0 Å². The van der Waals surface area contributed by atoms with E-state index in [-0.39, 0.29) is 21.5 Å². The van der Waals surface area contributed by atoms with Crippen LogP contribution in [0.25, 0.3) is 0 Å². The second-order valence-corrected chi connectivity index (χ2v) is 8.36. The SMILES string of the molecule is CC(C)(C1CCOC1)S(=O)(=O)c1c(Cl)ccc(N)c1O. The van der Waals surface area contributed by atoms with Gasteiger partial charge in [0.1, 0.15) is 4.90 Å². The van der Waals surface area contributed by atoms with Crippen molar-refractivity contribution in [2.75, 3.05) is 18.9 Å². The molecule has 112 valence electrons. The number of hydrogen-bond acceptors (Lipinski definition) is 5. The number of hydrogen-bond donors (Lipinski definition) is 2. The van der Waals surface area contributed by atoms with Crippen LogP contribution < -0.4 is 5.73 Å². The summed E-state index contributed by atoms with van der Waals surface area (Å²) in [5, 5.41) is 9.98. The van der Waals surface area contributed by atoms with Crippen LogP contribution in [0.5, 0.6) is 5.75 Å². The van der Waals surface area contributed by atoms with Crippen LogP contribution in [-0.4, -0.2) is 31.5 Å². The molecule has 1 aromatic carbocycles. The molecule has 0 radical (unpaired) electrons. The highest BCUT2D eigenvalue weighted by molar-refractivity contribution is 7.93. The fourth-order valence-electron chi connectivity index (χ4n) is 2.38. The van der Waals surface area contributed by atoms with Gasteiger partial charge in [0.15, 0.2) is 15.6 Å². The molecule has 1 fully saturated rings. The van der Waals surface area contributed by atoms with E-state index in [1.807, 2.05) is 0 Å². The van der Waals surface area contributed by atoms with E-state index < -0.39 is 20.3 Å². The van der Waals surface area contributed by atoms with E-state index in [4.69, 9.17) is 22.1 Å². The maximum atomic E-state index is 12.9. The number of nitrogens with two attached hydrogens (primary N) is 1. The third kappa shape index (κ3) is 2.25. The van der Waals surface area contributed by atoms with Crippen LogP contribution in [-0.2, 0) is 14.6 Å². The second kappa shape index (κ2) is 5.09. The van der Waals surface area contributed by atoms with E-state index in [1.165, 1.54) is 12.1 Å². The summed E-state index contributed by atoms with van der Waals surface area (Å²) in [6.45, 7) is 4.18. The quantitative estimate of drug-likeness (QED) is 0.658. The van der Waals surface area contributed by atoms with Gasteiger partial charge in [-0.1, -0.05) is 11.6 Å². The minimum atomic E-state index is -3.85. The fourth-order valence-corrected chi connectivity index (χ4v) is 4.69. The molecule has 0 spiro atoms. The number of phenols is 1. The lowest BCUT2D eigenvalue weighted by molar-refractivity contribution is 0.179. The molecule has 2 rings (SSSR count). The van der Waals surface area contributed by atoms with Gasteiger partial charge in [0.2, 0.25) is 0 Å². The van der Waals surface area contributed by atoms with Crippen LogP contribution >= 0.6 is 11.6 Å². The van der Waals surface area contributed by atoms with Crippen molar-refractivity contribution in [1.29, 1.82) is 0 Å². The van der Waals surface area contributed by atoms with Gasteiger partial charge in [-0.25, -0.2) is 8.42 Å². The summed E-state index contributed by atoms with van der Waals surface area (Å²) in [5.74, 6) is -0.631. The van der Waals surface area contributed by atoms with Crippen molar-refractivity contribution >= 4 is 27.1 Å². The molecule has 1 aliphatic rings. The van der Waals surface area contributed by atoms with Gasteiger partial charge in [-0.2, -0.15) is 0 Å². The molecule has 20 heavy (non-hydrogen) atoms. The monoisotopic (exact) mass is 319 g/mol. The molecule has 0 saturated carbocycles. The standard InChI is InChI=1S/C13H18ClNO4S/c1-13(2,8-5-6-19-7-8)20(17,18)12-9(14)3-4-10(15)11(12)16/h3-4,8,16H,5-7,15H2,1-2H3. The van der Waals surface area contributed by atoms with Gasteiger partial charge >= 0.3 is 0 Å². The minimum absolute atomic E-state index is 0.00792. The molecule has 0 aliphatic carbocycles. The molecule has 0 amide bonds. The van der Waals surface area contributed by atoms with Crippen LogP contribution in [0.2, 0.25) is 5.02 Å². The third-order valence-corrected chi connectivity index (χ3v) is 7.09. The van der Waals surface area contributed by atoms with E-state index in [0.29, 0.717) is 19.6 Å². The Balaban J connectivity index is 2.58. The van der Waals surface area contributed by atoms with Crippen LogP contribution in [0.15, 0.2) is 17.0 Å². The number of rotatable bonds is 3. The number of sulfone groups is 1. The summed E-state index contributed by atoms with van der Waals surface area (Å²) in [6, 6.07) is 2.76. The first-order chi connectivity index (χ1) is 9.19. The molecule has 1 atom stereocenters. The number of halogens is 1. The molecule has 5 nitrogen and oxygen atoms in total. The Morgan fingerprint density at radius 2 is 2.10 bits per heavy atom. The Morgan fingerprint density at radius 3 is 2.65 bits per heavy atom. The summed E-state index contributed by atoms with van der Waals surface area (Å²) < 4.78 is 29.9. The smallest absolute Gasteiger partial charge is 0.189 e. The number of benzene rings is 1. The molecule has 3 N–H and O–H groups in total. The Morgan fingerprint density at radius 1 is 1.45 bits per heavy atom. The first kappa shape index (κ1) is 15.4. The number of anilines is 1. The summed E-state index contributed by atoms with van der Waals surface area (Å²) in [6.07, 6.45) is 0.660. The van der Waals surface area contributed by atoms with E-state index in [0.717, 1.165) is 0 Å². The minimum Gasteiger partial charge on any atom is -0.504 e. The second-order valence-electron chi connectivity index (χ2n) is 5.48. The van der Waals surface area contributed by atoms with E-state index in [1.54, 1.807) is 13.8 Å². The zero-order valence-corrected chi connectivity index (χ0v) is 13.0. The average molecular weight is 320 g/mol. The molecule has 0 aromatic heterocycles. The maximum Gasteiger partial charge on any atom is 0.189 e. The number of ether oxygens (including phenoxy) is 1. The number of aromatic hydroxyl groups is 1. The summed E-state index contributed by atoms with van der Waals surface area (Å²) in [5.41, 5.74) is 5.58. The molecule has 1 heterocycles. The fraction of sp³-hybridized carbons (Fsp3) is 0.538. The maximum absolute atomic E-state index is 12.9. The molecule has 1 aromatic rings. The topological polar surface area (TPSA) is 89.6 Å². The molecule has 7 heteroatoms. The van der Waals surface area contributed by atoms with E-state index in [2.05, 4.69) is 0 Å². The predicted molar refractivity (Wildman–Crippen MR) is 77.7 cm³/mol. The predicted octanol–water partition coefficient (Wildman–Crippen LogP) is 2.22. The van der Waals surface area contributed by atoms with Crippen molar-refractivity contribution in [3.63, 3.8) is 0 Å². The zero-order chi connectivity index (χ0) is 15.1. The van der Waals surface area contributed by atoms with Crippen LogP contribution in [0, 0.1) is 5.92 Å². The van der Waals surface area contributed by atoms with Crippen molar-refractivity contribution in [1.82, 2.24) is 0 Å². The Kier molecular flexibility index (Phi) is 3.92. The van der Waals surface area contributed by atoms with Gasteiger partial charge in [-0.3, -0.25) is 0 Å². The molecule has 1 saturated heterocycles. The van der Waals surface area contributed by atoms with Gasteiger partial charge in [0, 0.05) is 12.5 Å². The van der Waals surface area contributed by atoms with E-state index in [9.17, 15) is 13.5 Å². The number of phenolic OH excluding ortho intramolecular Hbond substituents is 1. The van der Waals surface area contributed by atoms with Crippen LogP contribution in [0.4, 0.5) is 5.69 Å². The Hall–Kier alpha value is -0.980. The first-order valence-electron chi connectivity index (χ1n) is 6.29. The van der Waals surface area contributed by atoms with Crippen molar-refractivity contribution in [3.05, 3.63) is 17.2 Å². The number of nitrogen functional groups attached to an aromatic ring is 1. The van der Waals surface area contributed by atoms with Gasteiger partial charge in [-0.15, -0.1) is 0 Å². The summed E-state index contributed by atoms with van der Waals surface area (Å²) in [4.78, 5) is -0.295. The molecule has 1 aliphatic heterocycles. The van der Waals surface area contributed by atoms with Gasteiger partial charge in [0.25, 0.3) is 0 Å². The molecular formula is C13H18ClNO4S. The zero-order valence-electron chi connectivity index (χ0n) is 11.4. The third-order valence-electron chi connectivity index (χ3n) is 3.99. The lowest BCUT2D eigenvalue weighted by atomic mass is 9.94. The van der Waals surface area contributed by atoms with Gasteiger partial charge < -0.3 is 15.6 Å². The lowest BCUT2D eigenvalue weighted by Crippen LogP contribution is -2.40. The van der Waals surface area contributed by atoms with Gasteiger partial charge in [0.05, 0.1) is 22.1 Å². The van der Waals surface area contributed by atoms with Crippen LogP contribution in [0.1, 0.15) is 20.3 Å². The summed E-state index contributed by atoms with van der Waals surface area (Å²) >= 11 is 5.97. The lowest BCUT2D eigenvalue weighted by Gasteiger charge is -2.31. The Bertz CT molecular complexity index is 622. The average Bonchev–Trinajstić information content (AvgIpc) is 2.88. The highest BCUT2D eigenvalue weighted by Crippen LogP contribution is 2.43. The molecule has 1 unspecified atom stereocenters. The highest BCUT2D eigenvalue weighted by Gasteiger charge is 2.46. The van der Waals surface area contributed by atoms with Crippen molar-refractivity contribution in [3.8, 4) is 5.75 Å². The van der Waals surface area contributed by atoms with Crippen molar-refractivity contribution in [2.45, 2.75) is 29.9 Å². The first-order valence-corrected chi connectivity index (χ1v) is 8.15. The highest BCUT2D eigenvalue weighted by atomic mass is 35.5. The van der Waals surface area contributed by atoms with Crippen molar-refractivity contribution < 1.29 is 18.3 Å². The normalized spacial score (nSPS) is 20.2. The van der Waals surface area contributed by atoms with Gasteiger partial charge in [-0.05, 0) is 32.4 Å².